The van der Waals surface area contributed by atoms with E-state index in [-0.39, 0.29) is 44.2 Å². The van der Waals surface area contributed by atoms with Crippen LogP contribution in [0.4, 0.5) is 8.78 Å². The maximum atomic E-state index is 12.6. The Morgan fingerprint density at radius 2 is 1.90 bits per heavy atom. The summed E-state index contributed by atoms with van der Waals surface area (Å²) in [4.78, 5) is 11.9. The summed E-state index contributed by atoms with van der Waals surface area (Å²) in [5.41, 5.74) is 0.361. The quantitative estimate of drug-likeness (QED) is 0.560. The predicted molar refractivity (Wildman–Crippen MR) is 75.4 cm³/mol. The Balaban J connectivity index is 0.00000200. The summed E-state index contributed by atoms with van der Waals surface area (Å²) < 4.78 is 26.5. The minimum absolute atomic E-state index is 0. The van der Waals surface area contributed by atoms with Crippen LogP contribution >= 0.6 is 22.6 Å². The smallest absolute Gasteiger partial charge is 0.256 e. The van der Waals surface area contributed by atoms with Gasteiger partial charge in [0.05, 0.1) is 6.54 Å². The predicted octanol–water partition coefficient (Wildman–Crippen LogP) is 2.89. The molecule has 0 aliphatic carbocycles. The Morgan fingerprint density at radius 3 is 2.45 bits per heavy atom. The number of phenols is 1. The molecule has 0 amide bonds. The van der Waals surface area contributed by atoms with E-state index in [1.165, 1.54) is 18.2 Å². The van der Waals surface area contributed by atoms with E-state index in [1.54, 1.807) is 34.7 Å². The summed E-state index contributed by atoms with van der Waals surface area (Å²) in [6, 6.07) is 10.3. The average Bonchev–Trinajstić information content (AvgIpc) is 2.36. The molecular formula is C13H9F2INO2Y-. The molecule has 0 unspecified atom stereocenters. The Hall–Kier alpha value is -0.336. The topological polar surface area (TPSA) is 42.2 Å². The molecule has 1 radical (unpaired) electrons. The number of halogens is 3. The molecular weight excluding hydrogens is 456 g/mol. The first-order valence-electron chi connectivity index (χ1n) is 5.37. The first-order chi connectivity index (χ1) is 8.99. The first kappa shape index (κ1) is 17.7. The average molecular weight is 465 g/mol. The van der Waals surface area contributed by atoms with Crippen molar-refractivity contribution in [2.75, 3.05) is 0 Å². The van der Waals surface area contributed by atoms with Gasteiger partial charge in [0.25, 0.3) is 6.43 Å². The summed E-state index contributed by atoms with van der Waals surface area (Å²) in [5, 5.41) is 9.22. The molecule has 0 fully saturated rings. The molecule has 0 bridgehead atoms. The molecule has 1 heterocycles. The fraction of sp³-hybridized carbons (Fsp3) is 0.154. The number of aromatic nitrogens is 1. The van der Waals surface area contributed by atoms with E-state index in [1.807, 2.05) is 0 Å². The molecule has 0 saturated heterocycles. The number of alkyl halides is 2. The second-order valence-corrected chi connectivity index (χ2v) is 5.00. The van der Waals surface area contributed by atoms with Gasteiger partial charge in [-0.1, -0.05) is 11.3 Å². The van der Waals surface area contributed by atoms with Crippen molar-refractivity contribution >= 4 is 22.6 Å². The second kappa shape index (κ2) is 7.61. The van der Waals surface area contributed by atoms with Crippen LogP contribution in [0.15, 0.2) is 35.1 Å². The van der Waals surface area contributed by atoms with Crippen LogP contribution in [0.5, 0.6) is 5.75 Å². The molecule has 0 atom stereocenters. The van der Waals surface area contributed by atoms with Crippen molar-refractivity contribution in [1.82, 2.24) is 4.57 Å². The van der Waals surface area contributed by atoms with Crippen molar-refractivity contribution in [2.24, 2.45) is 0 Å². The van der Waals surface area contributed by atoms with E-state index < -0.39 is 18.5 Å². The van der Waals surface area contributed by atoms with Gasteiger partial charge in [0, 0.05) is 32.7 Å². The summed E-state index contributed by atoms with van der Waals surface area (Å²) in [7, 11) is 0. The summed E-state index contributed by atoms with van der Waals surface area (Å²) in [6.45, 7) is -0.678. The third-order valence-corrected chi connectivity index (χ3v) is 3.29. The maximum Gasteiger partial charge on any atom is 0.256 e. The molecule has 1 aromatic heterocycles. The molecule has 1 N–H and O–H groups in total. The zero-order valence-corrected chi connectivity index (χ0v) is 15.2. The van der Waals surface area contributed by atoms with Crippen LogP contribution in [0.1, 0.15) is 0 Å². The minimum Gasteiger partial charge on any atom is -0.508 e. The van der Waals surface area contributed by atoms with Gasteiger partial charge in [-0.2, -0.15) is 12.1 Å². The number of hydrogen-bond acceptors (Lipinski definition) is 2. The monoisotopic (exact) mass is 465 g/mol. The van der Waals surface area contributed by atoms with Crippen LogP contribution in [0, 0.1) is 9.64 Å². The fourth-order valence-corrected chi connectivity index (χ4v) is 2.12. The molecule has 0 spiro atoms. The van der Waals surface area contributed by atoms with E-state index in [0.29, 0.717) is 9.13 Å². The summed E-state index contributed by atoms with van der Waals surface area (Å²) in [5.74, 6) is 0.0667. The molecule has 0 aliphatic heterocycles. The summed E-state index contributed by atoms with van der Waals surface area (Å²) in [6.07, 6.45) is -2.62. The van der Waals surface area contributed by atoms with E-state index in [2.05, 4.69) is 6.07 Å². The third-order valence-electron chi connectivity index (χ3n) is 2.52. The van der Waals surface area contributed by atoms with Gasteiger partial charge in [-0.15, -0.1) is 34.7 Å². The number of rotatable bonds is 3. The number of hydrogen-bond donors (Lipinski definition) is 1. The molecule has 1 aromatic carbocycles. The maximum absolute atomic E-state index is 12.6. The number of pyridine rings is 1. The van der Waals surface area contributed by atoms with E-state index in [9.17, 15) is 18.7 Å². The molecule has 2 rings (SSSR count). The Kier molecular flexibility index (Phi) is 6.74. The van der Waals surface area contributed by atoms with Crippen molar-refractivity contribution in [3.05, 3.63) is 50.3 Å². The van der Waals surface area contributed by atoms with Gasteiger partial charge in [-0.3, -0.25) is 4.79 Å². The Morgan fingerprint density at radius 1 is 1.30 bits per heavy atom. The molecule has 7 heteroatoms. The van der Waals surface area contributed by atoms with Crippen LogP contribution in [-0.2, 0) is 39.3 Å². The standard InChI is InChI=1S/C13H9F2INO2.Y/c14-12(15)7-17-11(6-5-10(16)13(17)19)8-1-3-9(18)4-2-8;/h1-5,12,18H,7H2;/q-1;. The van der Waals surface area contributed by atoms with Crippen LogP contribution in [0.3, 0.4) is 0 Å². The van der Waals surface area contributed by atoms with Gasteiger partial charge >= 0.3 is 0 Å². The minimum atomic E-state index is -2.62. The first-order valence-corrected chi connectivity index (χ1v) is 6.45. The molecule has 0 saturated carbocycles. The molecule has 3 nitrogen and oxygen atoms in total. The van der Waals surface area contributed by atoms with Gasteiger partial charge in [0.2, 0.25) is 5.56 Å². The van der Waals surface area contributed by atoms with E-state index >= 15 is 0 Å². The SMILES string of the molecule is O=c1c(I)c[c-]c(-c2ccc(O)cc2)n1CC(F)F.[Y]. The normalized spacial score (nSPS) is 10.4. The number of aromatic hydroxyl groups is 1. The third kappa shape index (κ3) is 4.08. The van der Waals surface area contributed by atoms with Gasteiger partial charge in [0.1, 0.15) is 5.75 Å². The fourth-order valence-electron chi connectivity index (χ4n) is 1.67. The Labute approximate surface area is 153 Å². The van der Waals surface area contributed by atoms with Crippen molar-refractivity contribution in [3.63, 3.8) is 0 Å². The van der Waals surface area contributed by atoms with Gasteiger partial charge in [-0.25, -0.2) is 8.78 Å². The van der Waals surface area contributed by atoms with Crippen molar-refractivity contribution in [1.29, 1.82) is 0 Å². The van der Waals surface area contributed by atoms with Crippen LogP contribution < -0.4 is 5.56 Å². The molecule has 20 heavy (non-hydrogen) atoms. The second-order valence-electron chi connectivity index (χ2n) is 3.84. The molecule has 2 aromatic rings. The largest absolute Gasteiger partial charge is 0.508 e. The molecule has 0 aliphatic rings. The van der Waals surface area contributed by atoms with E-state index in [0.717, 1.165) is 4.57 Å². The zero-order valence-electron chi connectivity index (χ0n) is 10.2. The van der Waals surface area contributed by atoms with Crippen molar-refractivity contribution < 1.29 is 46.6 Å². The number of benzene rings is 1. The summed E-state index contributed by atoms with van der Waals surface area (Å²) >= 11 is 1.79. The Bertz CT molecular complexity index is 644. The van der Waals surface area contributed by atoms with Crippen LogP contribution in [0.2, 0.25) is 0 Å². The van der Waals surface area contributed by atoms with E-state index in [4.69, 9.17) is 0 Å². The van der Waals surface area contributed by atoms with Gasteiger partial charge < -0.3 is 9.67 Å². The van der Waals surface area contributed by atoms with Crippen molar-refractivity contribution in [3.8, 4) is 17.0 Å². The number of nitrogens with zero attached hydrogens (tertiary/aromatic N) is 1. The number of phenolic OH excluding ortho intramolecular Hbond substituents is 1. The van der Waals surface area contributed by atoms with Gasteiger partial charge in [-0.05, 0) is 15.7 Å². The molecule has 103 valence electrons. The zero-order chi connectivity index (χ0) is 14.0. The van der Waals surface area contributed by atoms with Crippen LogP contribution in [-0.4, -0.2) is 16.1 Å². The van der Waals surface area contributed by atoms with Crippen molar-refractivity contribution in [2.45, 2.75) is 13.0 Å². The van der Waals surface area contributed by atoms with Gasteiger partial charge in [0.15, 0.2) is 0 Å². The van der Waals surface area contributed by atoms with Crippen LogP contribution in [0.25, 0.3) is 11.3 Å².